The van der Waals surface area contributed by atoms with E-state index in [2.05, 4.69) is 13.8 Å². The number of unbranched alkanes of at least 4 members (excludes halogenated alkanes) is 20. The number of rotatable bonds is 26. The van der Waals surface area contributed by atoms with E-state index in [0.29, 0.717) is 11.1 Å². The number of hydrogen-bond acceptors (Lipinski definition) is 2. The molecule has 0 saturated heterocycles. The van der Waals surface area contributed by atoms with E-state index in [1.165, 1.54) is 128 Å². The van der Waals surface area contributed by atoms with E-state index in [9.17, 15) is 9.59 Å². The summed E-state index contributed by atoms with van der Waals surface area (Å²) >= 11 is 0. The summed E-state index contributed by atoms with van der Waals surface area (Å²) in [6, 6.07) is 6.82. The Hall–Kier alpha value is -1.84. The molecule has 0 fully saturated rings. The van der Waals surface area contributed by atoms with Crippen molar-refractivity contribution < 1.29 is 9.59 Å². The molecule has 0 heterocycles. The lowest BCUT2D eigenvalue weighted by molar-refractivity contribution is 0.0748. The van der Waals surface area contributed by atoms with E-state index in [4.69, 9.17) is 5.73 Å². The fraction of sp³-hybridized carbons (Fsp3) is 0.765. The van der Waals surface area contributed by atoms with Gasteiger partial charge in [-0.3, -0.25) is 9.59 Å². The maximum absolute atomic E-state index is 13.3. The van der Waals surface area contributed by atoms with Crippen LogP contribution in [0.3, 0.4) is 0 Å². The van der Waals surface area contributed by atoms with Gasteiger partial charge < -0.3 is 10.6 Å². The van der Waals surface area contributed by atoms with Gasteiger partial charge in [-0.15, -0.1) is 0 Å². The number of amides is 2. The standard InChI is InChI=1S/C34H60N2O2/c1-3-5-7-9-11-13-15-17-19-21-23-29-36(34(38)32-27-25-31(26-28-32)33(35)37)30-24-22-20-18-16-14-12-10-8-6-4-2/h25-28H,3-24,29-30H2,1-2H3,(H2,35,37). The lowest BCUT2D eigenvalue weighted by atomic mass is 10.0. The molecule has 0 bridgehead atoms. The van der Waals surface area contributed by atoms with Gasteiger partial charge in [0.1, 0.15) is 0 Å². The predicted molar refractivity (Wildman–Crippen MR) is 164 cm³/mol. The van der Waals surface area contributed by atoms with Crippen LogP contribution in [0.2, 0.25) is 0 Å². The first-order valence-corrected chi connectivity index (χ1v) is 16.3. The highest BCUT2D eigenvalue weighted by Gasteiger charge is 2.15. The maximum atomic E-state index is 13.3. The fourth-order valence-electron chi connectivity index (χ4n) is 5.21. The van der Waals surface area contributed by atoms with Gasteiger partial charge in [0, 0.05) is 24.2 Å². The second kappa shape index (κ2) is 24.2. The summed E-state index contributed by atoms with van der Waals surface area (Å²) in [6.07, 6.45) is 28.9. The maximum Gasteiger partial charge on any atom is 0.253 e. The van der Waals surface area contributed by atoms with Crippen LogP contribution >= 0.6 is 0 Å². The molecule has 2 amide bonds. The Balaban J connectivity index is 2.34. The van der Waals surface area contributed by atoms with Crippen molar-refractivity contribution in [3.05, 3.63) is 35.4 Å². The Bertz CT molecular complexity index is 675. The molecule has 1 aromatic rings. The molecule has 0 aliphatic rings. The summed E-state index contributed by atoms with van der Waals surface area (Å²) in [4.78, 5) is 26.7. The van der Waals surface area contributed by atoms with E-state index in [1.54, 1.807) is 24.3 Å². The SMILES string of the molecule is CCCCCCCCCCCCCN(CCCCCCCCCCCCC)C(=O)c1ccc(C(N)=O)cc1. The van der Waals surface area contributed by atoms with Gasteiger partial charge in [-0.05, 0) is 37.1 Å². The number of nitrogens with two attached hydrogens (primary N) is 1. The first-order valence-electron chi connectivity index (χ1n) is 16.3. The third kappa shape index (κ3) is 17.6. The average Bonchev–Trinajstić information content (AvgIpc) is 2.93. The van der Waals surface area contributed by atoms with Crippen LogP contribution in [0.5, 0.6) is 0 Å². The molecule has 0 aliphatic heterocycles. The summed E-state index contributed by atoms with van der Waals surface area (Å²) < 4.78 is 0. The lowest BCUT2D eigenvalue weighted by Crippen LogP contribution is -2.33. The molecule has 218 valence electrons. The number of carbonyl (C=O) groups is 2. The Morgan fingerprint density at radius 3 is 1.11 bits per heavy atom. The van der Waals surface area contributed by atoms with Gasteiger partial charge in [0.15, 0.2) is 0 Å². The van der Waals surface area contributed by atoms with Crippen molar-refractivity contribution in [2.24, 2.45) is 5.73 Å². The Kier molecular flexibility index (Phi) is 21.8. The van der Waals surface area contributed by atoms with Crippen LogP contribution in [0.15, 0.2) is 24.3 Å². The van der Waals surface area contributed by atoms with Gasteiger partial charge in [0.25, 0.3) is 5.91 Å². The number of benzene rings is 1. The van der Waals surface area contributed by atoms with Crippen LogP contribution in [0.4, 0.5) is 0 Å². The highest BCUT2D eigenvalue weighted by molar-refractivity contribution is 5.97. The second-order valence-electron chi connectivity index (χ2n) is 11.3. The Morgan fingerprint density at radius 2 is 0.789 bits per heavy atom. The molecule has 0 saturated carbocycles. The summed E-state index contributed by atoms with van der Waals surface area (Å²) in [5, 5.41) is 0. The van der Waals surface area contributed by atoms with E-state index in [-0.39, 0.29) is 5.91 Å². The van der Waals surface area contributed by atoms with Gasteiger partial charge in [-0.25, -0.2) is 0 Å². The van der Waals surface area contributed by atoms with Crippen molar-refractivity contribution in [3.63, 3.8) is 0 Å². The summed E-state index contributed by atoms with van der Waals surface area (Å²) in [7, 11) is 0. The topological polar surface area (TPSA) is 63.4 Å². The molecule has 0 atom stereocenters. The molecule has 4 heteroatoms. The zero-order valence-electron chi connectivity index (χ0n) is 25.1. The fourth-order valence-corrected chi connectivity index (χ4v) is 5.21. The first kappa shape index (κ1) is 34.2. The number of hydrogen-bond donors (Lipinski definition) is 1. The molecule has 38 heavy (non-hydrogen) atoms. The molecule has 0 aromatic heterocycles. The Morgan fingerprint density at radius 1 is 0.500 bits per heavy atom. The molecular formula is C34H60N2O2. The normalized spacial score (nSPS) is 11.1. The zero-order chi connectivity index (χ0) is 27.7. The molecule has 0 unspecified atom stereocenters. The highest BCUT2D eigenvalue weighted by Crippen LogP contribution is 2.15. The largest absolute Gasteiger partial charge is 0.366 e. The minimum absolute atomic E-state index is 0.0835. The van der Waals surface area contributed by atoms with Crippen LogP contribution in [-0.2, 0) is 0 Å². The molecule has 4 nitrogen and oxygen atoms in total. The van der Waals surface area contributed by atoms with Crippen molar-refractivity contribution >= 4 is 11.8 Å². The van der Waals surface area contributed by atoms with Crippen LogP contribution in [0.1, 0.15) is 176 Å². The molecular weight excluding hydrogens is 468 g/mol. The third-order valence-corrected chi connectivity index (χ3v) is 7.77. The Labute approximate surface area is 235 Å². The van der Waals surface area contributed by atoms with Crippen LogP contribution in [-0.4, -0.2) is 29.8 Å². The van der Waals surface area contributed by atoms with Crippen LogP contribution < -0.4 is 5.73 Å². The highest BCUT2D eigenvalue weighted by atomic mass is 16.2. The van der Waals surface area contributed by atoms with Crippen molar-refractivity contribution in [2.45, 2.75) is 155 Å². The summed E-state index contributed by atoms with van der Waals surface area (Å²) in [5.74, 6) is -0.372. The predicted octanol–water partition coefficient (Wildman–Crippen LogP) is 9.85. The van der Waals surface area contributed by atoms with E-state index < -0.39 is 5.91 Å². The molecule has 0 aliphatic carbocycles. The zero-order valence-corrected chi connectivity index (χ0v) is 25.1. The molecule has 1 rings (SSSR count). The van der Waals surface area contributed by atoms with E-state index >= 15 is 0 Å². The summed E-state index contributed by atoms with van der Waals surface area (Å²) in [6.45, 7) is 6.19. The van der Waals surface area contributed by atoms with E-state index in [1.807, 2.05) is 4.90 Å². The van der Waals surface area contributed by atoms with Gasteiger partial charge in [0.05, 0.1) is 0 Å². The molecule has 0 radical (unpaired) electrons. The first-order chi connectivity index (χ1) is 18.6. The number of primary amides is 1. The lowest BCUT2D eigenvalue weighted by Gasteiger charge is -2.23. The summed E-state index contributed by atoms with van der Waals surface area (Å²) in [5.41, 5.74) is 6.47. The van der Waals surface area contributed by atoms with Crippen LogP contribution in [0, 0.1) is 0 Å². The number of nitrogens with zero attached hydrogens (tertiary/aromatic N) is 1. The molecule has 0 spiro atoms. The van der Waals surface area contributed by atoms with Gasteiger partial charge in [-0.1, -0.05) is 142 Å². The number of carbonyl (C=O) groups excluding carboxylic acids is 2. The molecule has 2 N–H and O–H groups in total. The van der Waals surface area contributed by atoms with Crippen molar-refractivity contribution in [2.75, 3.05) is 13.1 Å². The van der Waals surface area contributed by atoms with Crippen molar-refractivity contribution in [1.82, 2.24) is 4.90 Å². The van der Waals surface area contributed by atoms with Crippen molar-refractivity contribution in [3.8, 4) is 0 Å². The smallest absolute Gasteiger partial charge is 0.253 e. The third-order valence-electron chi connectivity index (χ3n) is 7.77. The quantitative estimate of drug-likeness (QED) is 0.122. The van der Waals surface area contributed by atoms with Crippen LogP contribution in [0.25, 0.3) is 0 Å². The molecule has 1 aromatic carbocycles. The second-order valence-corrected chi connectivity index (χ2v) is 11.3. The van der Waals surface area contributed by atoms with Gasteiger partial charge in [-0.2, -0.15) is 0 Å². The average molecular weight is 529 g/mol. The minimum Gasteiger partial charge on any atom is -0.366 e. The van der Waals surface area contributed by atoms with Gasteiger partial charge >= 0.3 is 0 Å². The monoisotopic (exact) mass is 528 g/mol. The van der Waals surface area contributed by atoms with Crippen molar-refractivity contribution in [1.29, 1.82) is 0 Å². The van der Waals surface area contributed by atoms with E-state index in [0.717, 1.165) is 25.9 Å². The minimum atomic E-state index is -0.456. The van der Waals surface area contributed by atoms with Gasteiger partial charge in [0.2, 0.25) is 5.91 Å².